The summed E-state index contributed by atoms with van der Waals surface area (Å²) in [6.07, 6.45) is 0. The van der Waals surface area contributed by atoms with E-state index in [0.29, 0.717) is 11.5 Å². The lowest BCUT2D eigenvalue weighted by atomic mass is 10.0. The van der Waals surface area contributed by atoms with E-state index >= 15 is 0 Å². The Morgan fingerprint density at radius 3 is 2.47 bits per heavy atom. The van der Waals surface area contributed by atoms with Crippen LogP contribution in [-0.4, -0.2) is 25.9 Å². The van der Waals surface area contributed by atoms with Crippen LogP contribution < -0.4 is 9.47 Å². The Morgan fingerprint density at radius 2 is 2.00 bits per heavy atom. The van der Waals surface area contributed by atoms with E-state index in [-0.39, 0.29) is 12.5 Å². The number of aliphatic hydroxyl groups excluding tert-OH is 1. The molecule has 0 bridgehead atoms. The van der Waals surface area contributed by atoms with E-state index in [9.17, 15) is 5.11 Å². The first-order valence-corrected chi connectivity index (χ1v) is 5.46. The zero-order valence-corrected chi connectivity index (χ0v) is 10.7. The fourth-order valence-corrected chi connectivity index (χ4v) is 2.18. The molecule has 0 amide bonds. The van der Waals surface area contributed by atoms with Crippen molar-refractivity contribution in [1.29, 1.82) is 0 Å². The molecule has 1 unspecified atom stereocenters. The van der Waals surface area contributed by atoms with Gasteiger partial charge in [-0.05, 0) is 12.1 Å². The summed E-state index contributed by atoms with van der Waals surface area (Å²) >= 11 is 3.45. The van der Waals surface area contributed by atoms with Gasteiger partial charge < -0.3 is 14.6 Å². The fraction of sp³-hybridized carbons (Fsp3) is 0.455. The molecule has 0 saturated carbocycles. The molecule has 0 spiro atoms. The van der Waals surface area contributed by atoms with Gasteiger partial charge in [0.1, 0.15) is 0 Å². The van der Waals surface area contributed by atoms with Crippen molar-refractivity contribution in [2.75, 3.05) is 20.8 Å². The van der Waals surface area contributed by atoms with Crippen molar-refractivity contribution in [3.05, 3.63) is 22.2 Å². The maximum Gasteiger partial charge on any atom is 0.165 e. The summed E-state index contributed by atoms with van der Waals surface area (Å²) in [7, 11) is 3.19. The number of rotatable bonds is 4. The fourth-order valence-electron chi connectivity index (χ4n) is 1.48. The number of aliphatic hydroxyl groups is 1. The smallest absolute Gasteiger partial charge is 0.165 e. The van der Waals surface area contributed by atoms with Crippen LogP contribution in [0, 0.1) is 0 Å². The SMILES string of the molecule is COc1ccc(Br)c(C(C)CO)c1OC. The van der Waals surface area contributed by atoms with Gasteiger partial charge in [0.15, 0.2) is 11.5 Å². The van der Waals surface area contributed by atoms with Gasteiger partial charge in [-0.1, -0.05) is 22.9 Å². The number of methoxy groups -OCH3 is 2. The first-order chi connectivity index (χ1) is 7.15. The molecule has 0 aliphatic rings. The molecule has 84 valence electrons. The van der Waals surface area contributed by atoms with Crippen LogP contribution in [0.5, 0.6) is 11.5 Å². The van der Waals surface area contributed by atoms with Crippen LogP contribution in [0.2, 0.25) is 0 Å². The molecular formula is C11H15BrO3. The third-order valence-electron chi connectivity index (χ3n) is 2.30. The molecular weight excluding hydrogens is 260 g/mol. The van der Waals surface area contributed by atoms with E-state index in [1.54, 1.807) is 14.2 Å². The first kappa shape index (κ1) is 12.3. The maximum absolute atomic E-state index is 9.18. The summed E-state index contributed by atoms with van der Waals surface area (Å²) in [5.41, 5.74) is 0.930. The van der Waals surface area contributed by atoms with E-state index in [1.807, 2.05) is 19.1 Å². The second kappa shape index (κ2) is 5.37. The second-order valence-electron chi connectivity index (χ2n) is 3.28. The van der Waals surface area contributed by atoms with Crippen molar-refractivity contribution in [3.63, 3.8) is 0 Å². The lowest BCUT2D eigenvalue weighted by molar-refractivity contribution is 0.267. The number of benzene rings is 1. The summed E-state index contributed by atoms with van der Waals surface area (Å²) in [6.45, 7) is 2.00. The Bertz CT molecular complexity index is 339. The summed E-state index contributed by atoms with van der Waals surface area (Å²) in [5, 5.41) is 9.18. The Morgan fingerprint density at radius 1 is 1.33 bits per heavy atom. The van der Waals surface area contributed by atoms with Crippen molar-refractivity contribution < 1.29 is 14.6 Å². The molecule has 1 aromatic carbocycles. The predicted octanol–water partition coefficient (Wildman–Crippen LogP) is 2.56. The molecule has 0 saturated heterocycles. The van der Waals surface area contributed by atoms with Crippen molar-refractivity contribution in [1.82, 2.24) is 0 Å². The molecule has 0 aliphatic carbocycles. The second-order valence-corrected chi connectivity index (χ2v) is 4.13. The normalized spacial score (nSPS) is 12.3. The van der Waals surface area contributed by atoms with Gasteiger partial charge in [-0.15, -0.1) is 0 Å². The molecule has 1 aromatic rings. The van der Waals surface area contributed by atoms with Crippen LogP contribution in [0.4, 0.5) is 0 Å². The molecule has 0 fully saturated rings. The van der Waals surface area contributed by atoms with E-state index < -0.39 is 0 Å². The molecule has 15 heavy (non-hydrogen) atoms. The van der Waals surface area contributed by atoms with Gasteiger partial charge in [0, 0.05) is 22.6 Å². The Hall–Kier alpha value is -0.740. The van der Waals surface area contributed by atoms with Crippen molar-refractivity contribution in [2.45, 2.75) is 12.8 Å². The minimum atomic E-state index is 0.00410. The summed E-state index contributed by atoms with van der Waals surface area (Å²) < 4.78 is 11.4. The predicted molar refractivity (Wildman–Crippen MR) is 62.7 cm³/mol. The standard InChI is InChI=1S/C11H15BrO3/c1-7(6-13)10-8(12)4-5-9(14-2)11(10)15-3/h4-5,7,13H,6H2,1-3H3. The van der Waals surface area contributed by atoms with Crippen molar-refractivity contribution in [2.24, 2.45) is 0 Å². The highest BCUT2D eigenvalue weighted by molar-refractivity contribution is 9.10. The highest BCUT2D eigenvalue weighted by Gasteiger charge is 2.18. The Labute approximate surface area is 98.1 Å². The average Bonchev–Trinajstić information content (AvgIpc) is 2.27. The van der Waals surface area contributed by atoms with Crippen LogP contribution in [0.3, 0.4) is 0 Å². The first-order valence-electron chi connectivity index (χ1n) is 4.66. The average molecular weight is 275 g/mol. The number of hydrogen-bond acceptors (Lipinski definition) is 3. The molecule has 1 rings (SSSR count). The van der Waals surface area contributed by atoms with E-state index in [4.69, 9.17) is 9.47 Å². The highest BCUT2D eigenvalue weighted by atomic mass is 79.9. The minimum Gasteiger partial charge on any atom is -0.493 e. The maximum atomic E-state index is 9.18. The molecule has 0 heterocycles. The zero-order valence-electron chi connectivity index (χ0n) is 9.08. The van der Waals surface area contributed by atoms with Gasteiger partial charge in [0.25, 0.3) is 0 Å². The van der Waals surface area contributed by atoms with Gasteiger partial charge in [-0.25, -0.2) is 0 Å². The van der Waals surface area contributed by atoms with Crippen LogP contribution >= 0.6 is 15.9 Å². The van der Waals surface area contributed by atoms with Gasteiger partial charge in [-0.3, -0.25) is 0 Å². The van der Waals surface area contributed by atoms with Crippen molar-refractivity contribution in [3.8, 4) is 11.5 Å². The van der Waals surface area contributed by atoms with Crippen LogP contribution in [-0.2, 0) is 0 Å². The monoisotopic (exact) mass is 274 g/mol. The Kier molecular flexibility index (Phi) is 4.42. The number of hydrogen-bond donors (Lipinski definition) is 1. The van der Waals surface area contributed by atoms with E-state index in [2.05, 4.69) is 15.9 Å². The highest BCUT2D eigenvalue weighted by Crippen LogP contribution is 2.40. The van der Waals surface area contributed by atoms with Crippen LogP contribution in [0.15, 0.2) is 16.6 Å². The molecule has 0 aromatic heterocycles. The number of ether oxygens (including phenoxy) is 2. The third kappa shape index (κ3) is 2.44. The van der Waals surface area contributed by atoms with Crippen LogP contribution in [0.25, 0.3) is 0 Å². The third-order valence-corrected chi connectivity index (χ3v) is 2.99. The molecule has 0 radical (unpaired) electrons. The van der Waals surface area contributed by atoms with Crippen molar-refractivity contribution >= 4 is 15.9 Å². The number of halogens is 1. The lowest BCUT2D eigenvalue weighted by Crippen LogP contribution is -2.04. The van der Waals surface area contributed by atoms with E-state index in [0.717, 1.165) is 10.0 Å². The van der Waals surface area contributed by atoms with Crippen LogP contribution in [0.1, 0.15) is 18.4 Å². The minimum absolute atomic E-state index is 0.00410. The molecule has 1 atom stereocenters. The lowest BCUT2D eigenvalue weighted by Gasteiger charge is -2.17. The van der Waals surface area contributed by atoms with Gasteiger partial charge in [0.05, 0.1) is 14.2 Å². The topological polar surface area (TPSA) is 38.7 Å². The van der Waals surface area contributed by atoms with E-state index in [1.165, 1.54) is 0 Å². The van der Waals surface area contributed by atoms with Gasteiger partial charge in [0.2, 0.25) is 0 Å². The summed E-state index contributed by atoms with van der Waals surface area (Å²) in [5.74, 6) is 1.36. The van der Waals surface area contributed by atoms with Gasteiger partial charge in [-0.2, -0.15) is 0 Å². The van der Waals surface area contributed by atoms with Gasteiger partial charge >= 0.3 is 0 Å². The molecule has 0 aliphatic heterocycles. The Balaban J connectivity index is 3.31. The molecule has 3 nitrogen and oxygen atoms in total. The summed E-state index contributed by atoms with van der Waals surface area (Å²) in [6, 6.07) is 3.72. The largest absolute Gasteiger partial charge is 0.493 e. The molecule has 1 N–H and O–H groups in total. The molecule has 4 heteroatoms. The zero-order chi connectivity index (χ0) is 11.4. The summed E-state index contributed by atoms with van der Waals surface area (Å²) in [4.78, 5) is 0. The quantitative estimate of drug-likeness (QED) is 0.917.